The van der Waals surface area contributed by atoms with Gasteiger partial charge in [0.25, 0.3) is 0 Å². The number of amides is 6. The third kappa shape index (κ3) is 18.4. The monoisotopic (exact) mass is 924 g/mol. The molecule has 1 aliphatic heterocycles. The Balaban J connectivity index is 1.78. The molecule has 1 aromatic carbocycles. The molecule has 1 fully saturated rings. The molecule has 3 rings (SSSR count). The number of aliphatic hydroxyl groups is 2. The Morgan fingerprint density at radius 1 is 0.938 bits per heavy atom. The van der Waals surface area contributed by atoms with Gasteiger partial charge in [0.15, 0.2) is 0 Å². The lowest BCUT2D eigenvalue weighted by Crippen LogP contribution is -2.61. The van der Waals surface area contributed by atoms with E-state index in [4.69, 9.17) is 25.0 Å². The van der Waals surface area contributed by atoms with Gasteiger partial charge in [0, 0.05) is 37.9 Å². The number of likely N-dealkylation sites (tertiary alicyclic amines) is 1. The van der Waals surface area contributed by atoms with Gasteiger partial charge < -0.3 is 66.4 Å². The average Bonchev–Trinajstić information content (AvgIpc) is 3.91. The molecule has 1 aromatic heterocycles. The summed E-state index contributed by atoms with van der Waals surface area (Å²) >= 11 is 0. The average molecular weight is 925 g/mol. The molecule has 23 heteroatoms. The number of nitrogens with one attached hydrogen (secondary N) is 5. The smallest absolute Gasteiger partial charge is 0.394 e. The van der Waals surface area contributed by atoms with Gasteiger partial charge >= 0.3 is 7.82 Å². The van der Waals surface area contributed by atoms with E-state index in [0.717, 1.165) is 26.2 Å². The Kier molecular flexibility index (Phi) is 21.4. The van der Waals surface area contributed by atoms with Crippen LogP contribution in [0.25, 0.3) is 0 Å². The quantitative estimate of drug-likeness (QED) is 0.0365. The van der Waals surface area contributed by atoms with Gasteiger partial charge in [-0.2, -0.15) is 0 Å². The van der Waals surface area contributed by atoms with E-state index in [1.165, 1.54) is 23.0 Å². The number of carbonyl (C=O) groups excluding carboxylic acids is 6. The molecule has 22 nitrogen and oxygen atoms in total. The number of aryl methyl sites for hydroxylation is 1. The highest BCUT2D eigenvalue weighted by Gasteiger charge is 2.42. The maximum Gasteiger partial charge on any atom is 0.469 e. The standard InChI is InChI=1S/C41H65N8O14P/c1-25(2)17-30(37(54)45-31(18-28-20-43-24-44-28)38(55)47-32(22-50)39(56)48-35(36(42)53)26(3)63-64(58,59)60)46-40(57)33-19-29(61-15-10-9-13-27-11-7-6-8-12-27)21-49(33)34(52)14-16-62-41(4,5)23-51/h6-8,11-12,20,24-26,29-33,35,50-51H,9-10,13-19,21-23H2,1-5H3,(H2,42,53)(H,43,44)(H,45,54)(H,46,57)(H,47,55)(H,48,56)(H2,58,59,60)/t26?,29-,30-,31-,32-,33-,35-/m0/s1. The molecule has 6 amide bonds. The molecule has 0 spiro atoms. The zero-order valence-electron chi connectivity index (χ0n) is 36.9. The van der Waals surface area contributed by atoms with Crippen LogP contribution in [0.5, 0.6) is 0 Å². The van der Waals surface area contributed by atoms with Crippen molar-refractivity contribution in [3.05, 3.63) is 54.1 Å². The number of phosphoric ester groups is 1. The Hall–Kier alpha value is -4.80. The Bertz CT molecular complexity index is 1870. The second-order valence-electron chi connectivity index (χ2n) is 16.7. The zero-order chi connectivity index (χ0) is 47.6. The normalized spacial score (nSPS) is 17.8. The molecule has 0 bridgehead atoms. The Morgan fingerprint density at radius 3 is 2.19 bits per heavy atom. The van der Waals surface area contributed by atoms with E-state index < -0.39 is 97.9 Å². The van der Waals surface area contributed by atoms with Gasteiger partial charge in [-0.3, -0.25) is 33.3 Å². The van der Waals surface area contributed by atoms with Gasteiger partial charge in [-0.1, -0.05) is 44.2 Å². The number of primary amides is 1. The minimum Gasteiger partial charge on any atom is -0.394 e. The van der Waals surface area contributed by atoms with Gasteiger partial charge in [0.2, 0.25) is 35.4 Å². The van der Waals surface area contributed by atoms with Crippen molar-refractivity contribution in [2.45, 2.75) is 128 Å². The number of unbranched alkanes of at least 4 members (excludes halogenated alkanes) is 1. The summed E-state index contributed by atoms with van der Waals surface area (Å²) in [5.41, 5.74) is 6.01. The minimum atomic E-state index is -5.12. The number of nitrogens with two attached hydrogens (primary N) is 1. The van der Waals surface area contributed by atoms with Gasteiger partial charge in [-0.15, -0.1) is 0 Å². The van der Waals surface area contributed by atoms with Gasteiger partial charge in [-0.25, -0.2) is 9.55 Å². The fourth-order valence-corrected chi connectivity index (χ4v) is 7.41. The van der Waals surface area contributed by atoms with Crippen molar-refractivity contribution in [2.75, 3.05) is 33.0 Å². The van der Waals surface area contributed by atoms with Crippen LogP contribution in [0.3, 0.4) is 0 Å². The summed E-state index contributed by atoms with van der Waals surface area (Å²) in [7, 11) is -5.12. The lowest BCUT2D eigenvalue weighted by atomic mass is 10.0. The molecule has 1 saturated heterocycles. The van der Waals surface area contributed by atoms with Crippen molar-refractivity contribution in [3.63, 3.8) is 0 Å². The predicted molar refractivity (Wildman–Crippen MR) is 229 cm³/mol. The van der Waals surface area contributed by atoms with Crippen molar-refractivity contribution in [1.82, 2.24) is 36.1 Å². The van der Waals surface area contributed by atoms with Crippen molar-refractivity contribution in [2.24, 2.45) is 11.7 Å². The first-order chi connectivity index (χ1) is 30.1. The van der Waals surface area contributed by atoms with E-state index in [1.54, 1.807) is 13.8 Å². The summed E-state index contributed by atoms with van der Waals surface area (Å²) in [6, 6.07) is 2.77. The number of H-pyrrole nitrogens is 1. The summed E-state index contributed by atoms with van der Waals surface area (Å²) in [6.45, 7) is 7.25. The number of imidazole rings is 1. The van der Waals surface area contributed by atoms with Crippen LogP contribution in [0.1, 0.15) is 78.0 Å². The van der Waals surface area contributed by atoms with Crippen molar-refractivity contribution < 1.29 is 67.3 Å². The highest BCUT2D eigenvalue weighted by molar-refractivity contribution is 7.46. The summed E-state index contributed by atoms with van der Waals surface area (Å²) in [5, 5.41) is 29.5. The van der Waals surface area contributed by atoms with E-state index in [9.17, 15) is 43.5 Å². The van der Waals surface area contributed by atoms with Gasteiger partial charge in [-0.05, 0) is 57.9 Å². The minimum absolute atomic E-state index is 0.0188. The van der Waals surface area contributed by atoms with Gasteiger partial charge in [0.05, 0.1) is 50.4 Å². The number of aliphatic hydroxyl groups excluding tert-OH is 2. The first kappa shape index (κ1) is 53.5. The van der Waals surface area contributed by atoms with E-state index in [0.29, 0.717) is 12.3 Å². The molecule has 2 aromatic rings. The number of phosphoric acid groups is 1. The molecule has 0 radical (unpaired) electrons. The molecule has 1 aliphatic rings. The van der Waals surface area contributed by atoms with Crippen molar-refractivity contribution >= 4 is 43.3 Å². The number of carbonyl (C=O) groups is 6. The van der Waals surface area contributed by atoms with E-state index in [-0.39, 0.29) is 51.4 Å². The number of aromatic nitrogens is 2. The largest absolute Gasteiger partial charge is 0.469 e. The molecule has 1 unspecified atom stereocenters. The predicted octanol–water partition coefficient (Wildman–Crippen LogP) is -0.900. The first-order valence-electron chi connectivity index (χ1n) is 21.2. The Labute approximate surface area is 372 Å². The number of nitrogens with zero attached hydrogens (tertiary/aromatic N) is 2. The zero-order valence-corrected chi connectivity index (χ0v) is 37.8. The lowest BCUT2D eigenvalue weighted by molar-refractivity contribution is -0.142. The highest BCUT2D eigenvalue weighted by atomic mass is 31.2. The summed E-state index contributed by atoms with van der Waals surface area (Å²) < 4.78 is 27.7. The maximum absolute atomic E-state index is 14.2. The molecule has 358 valence electrons. The van der Waals surface area contributed by atoms with Crippen LogP contribution in [0, 0.1) is 5.92 Å². The summed E-state index contributed by atoms with van der Waals surface area (Å²) in [4.78, 5) is 107. The van der Waals surface area contributed by atoms with Crippen LogP contribution < -0.4 is 27.0 Å². The number of benzene rings is 1. The van der Waals surface area contributed by atoms with E-state index >= 15 is 0 Å². The third-order valence-electron chi connectivity index (χ3n) is 10.3. The number of ether oxygens (including phenoxy) is 2. The number of hydrogen-bond donors (Lipinski definition) is 10. The first-order valence-corrected chi connectivity index (χ1v) is 22.7. The second-order valence-corrected chi connectivity index (χ2v) is 17.9. The van der Waals surface area contributed by atoms with Crippen LogP contribution in [0.4, 0.5) is 0 Å². The molecule has 0 saturated carbocycles. The SMILES string of the molecule is CC(C)C[C@H](NC(=O)[C@@H]1C[C@H](OCCCCc2ccccc2)CN1C(=O)CCOC(C)(C)CO)C(=O)N[C@@H](Cc1cnc[nH]1)C(=O)N[C@@H](CO)C(=O)N[C@H](C(N)=O)C(C)OP(=O)(O)O. The summed E-state index contributed by atoms with van der Waals surface area (Å²) in [5.74, 6) is -5.36. The van der Waals surface area contributed by atoms with Crippen molar-refractivity contribution in [3.8, 4) is 0 Å². The van der Waals surface area contributed by atoms with Crippen LogP contribution in [0.15, 0.2) is 42.9 Å². The molecular formula is C41H65N8O14P. The van der Waals surface area contributed by atoms with E-state index in [1.807, 2.05) is 32.0 Å². The van der Waals surface area contributed by atoms with Crippen LogP contribution in [0.2, 0.25) is 0 Å². The Morgan fingerprint density at radius 2 is 1.59 bits per heavy atom. The topological polar surface area (TPSA) is 334 Å². The third-order valence-corrected chi connectivity index (χ3v) is 10.9. The highest BCUT2D eigenvalue weighted by Crippen LogP contribution is 2.38. The fourth-order valence-electron chi connectivity index (χ4n) is 6.86. The van der Waals surface area contributed by atoms with Crippen LogP contribution in [-0.2, 0) is 60.2 Å². The van der Waals surface area contributed by atoms with Gasteiger partial charge in [0.1, 0.15) is 30.2 Å². The molecule has 64 heavy (non-hydrogen) atoms. The second kappa shape index (κ2) is 25.6. The van der Waals surface area contributed by atoms with Crippen LogP contribution in [-0.4, -0.2) is 151 Å². The molecular weight excluding hydrogens is 859 g/mol. The molecule has 2 heterocycles. The number of hydrogen-bond acceptors (Lipinski definition) is 13. The lowest BCUT2D eigenvalue weighted by Gasteiger charge is -2.29. The number of aromatic amines is 1. The molecule has 7 atom stereocenters. The van der Waals surface area contributed by atoms with Crippen molar-refractivity contribution in [1.29, 1.82) is 0 Å². The molecule has 0 aliphatic carbocycles. The maximum atomic E-state index is 14.2. The summed E-state index contributed by atoms with van der Waals surface area (Å²) in [6.07, 6.45) is 3.04. The fraction of sp³-hybridized carbons (Fsp3) is 0.634. The number of rotatable bonds is 28. The van der Waals surface area contributed by atoms with Crippen LogP contribution >= 0.6 is 7.82 Å². The molecule has 11 N–H and O–H groups in total. The van der Waals surface area contributed by atoms with E-state index in [2.05, 4.69) is 47.9 Å².